The highest BCUT2D eigenvalue weighted by atomic mass is 79.9. The number of esters is 2. The Balaban J connectivity index is 0.00000341. The first-order valence-corrected chi connectivity index (χ1v) is 9.10. The number of pyridine rings is 1. The molecule has 2 heterocycles. The van der Waals surface area contributed by atoms with E-state index in [0.717, 1.165) is 21.2 Å². The van der Waals surface area contributed by atoms with E-state index in [2.05, 4.69) is 5.10 Å². The lowest BCUT2D eigenvalue weighted by molar-refractivity contribution is -0.508. The molecule has 0 aliphatic heterocycles. The van der Waals surface area contributed by atoms with Crippen LogP contribution < -0.4 is 37.4 Å². The van der Waals surface area contributed by atoms with Crippen molar-refractivity contribution in [2.75, 3.05) is 19.8 Å². The Morgan fingerprint density at radius 3 is 2.42 bits per heavy atom. The molecular weight excluding hydrogens is 481 g/mol. The van der Waals surface area contributed by atoms with Gasteiger partial charge in [0.05, 0.1) is 18.6 Å². The maximum absolute atomic E-state index is 13.9. The summed E-state index contributed by atoms with van der Waals surface area (Å²) in [4.78, 5) is 48.9. The second kappa shape index (κ2) is 10.2. The minimum absolute atomic E-state index is 0. The highest BCUT2D eigenvalue weighted by Gasteiger charge is 2.23. The van der Waals surface area contributed by atoms with Crippen molar-refractivity contribution in [3.63, 3.8) is 0 Å². The maximum atomic E-state index is 13.9. The number of fused-ring (bicyclic) bond motifs is 3. The van der Waals surface area contributed by atoms with Crippen LogP contribution in [0, 0.1) is 5.82 Å². The average Bonchev–Trinajstić information content (AvgIpc) is 2.70. The first kappa shape index (κ1) is 24.0. The predicted octanol–water partition coefficient (Wildman–Crippen LogP) is -2.92. The fraction of sp³-hybridized carbons (Fsp3) is 0.316. The number of aromatic amines is 1. The van der Waals surface area contributed by atoms with Crippen LogP contribution in [0.4, 0.5) is 4.39 Å². The van der Waals surface area contributed by atoms with Crippen molar-refractivity contribution < 1.29 is 49.6 Å². The van der Waals surface area contributed by atoms with Crippen molar-refractivity contribution >= 4 is 28.4 Å². The van der Waals surface area contributed by atoms with Gasteiger partial charge in [-0.15, -0.1) is 9.08 Å². The molecule has 0 saturated heterocycles. The number of halogens is 2. The fourth-order valence-corrected chi connectivity index (χ4v) is 2.92. The number of hydrogen-bond donors (Lipinski definition) is 1. The van der Waals surface area contributed by atoms with E-state index in [1.54, 1.807) is 13.8 Å². The van der Waals surface area contributed by atoms with Gasteiger partial charge in [-0.05, 0) is 32.0 Å². The smallest absolute Gasteiger partial charge is 0.523 e. The summed E-state index contributed by atoms with van der Waals surface area (Å²) < 4.78 is 30.7. The van der Waals surface area contributed by atoms with Gasteiger partial charge in [-0.2, -0.15) is 9.89 Å². The van der Waals surface area contributed by atoms with E-state index >= 15 is 0 Å². The number of hydrogen-bond acceptors (Lipinski definition) is 7. The number of nitrogens with one attached hydrogen (secondary N) is 1. The Hall–Kier alpha value is -3.28. The molecule has 1 N–H and O–H groups in total. The summed E-state index contributed by atoms with van der Waals surface area (Å²) in [6.07, 6.45) is 0. The molecule has 0 saturated carbocycles. The molecule has 0 aliphatic carbocycles. The van der Waals surface area contributed by atoms with Crippen molar-refractivity contribution in [2.24, 2.45) is 0 Å². The topological polar surface area (TPSA) is 121 Å². The van der Waals surface area contributed by atoms with Gasteiger partial charge in [-0.1, -0.05) is 0 Å². The first-order chi connectivity index (χ1) is 14.3. The summed E-state index contributed by atoms with van der Waals surface area (Å²) in [5.74, 6) is -1.95. The summed E-state index contributed by atoms with van der Waals surface area (Å²) in [5, 5.41) is 2.46. The molecule has 2 aromatic heterocycles. The van der Waals surface area contributed by atoms with Gasteiger partial charge < -0.3 is 31.2 Å². The monoisotopic (exact) mass is 499 g/mol. The van der Waals surface area contributed by atoms with Crippen LogP contribution in [0.3, 0.4) is 0 Å². The van der Waals surface area contributed by atoms with Crippen LogP contribution in [0.25, 0.3) is 16.4 Å². The summed E-state index contributed by atoms with van der Waals surface area (Å²) in [7, 11) is 0. The molecule has 3 rings (SSSR count). The zero-order chi connectivity index (χ0) is 21.8. The van der Waals surface area contributed by atoms with Gasteiger partial charge in [0.2, 0.25) is 12.1 Å². The second-order valence-electron chi connectivity index (χ2n) is 6.10. The van der Waals surface area contributed by atoms with Crippen molar-refractivity contribution in [1.29, 1.82) is 0 Å². The molecule has 31 heavy (non-hydrogen) atoms. The van der Waals surface area contributed by atoms with Gasteiger partial charge in [-0.25, -0.2) is 14.0 Å². The normalized spacial score (nSPS) is 10.5. The molecule has 10 nitrogen and oxygen atoms in total. The SMILES string of the molecule is CCOC(=O)COc1cc2c(=O)[nH]n(CC(=O)OCC)c(=O)[n+]2c2ccc(F)cc12.[Br-]. The summed E-state index contributed by atoms with van der Waals surface area (Å²) in [6, 6.07) is 4.74. The van der Waals surface area contributed by atoms with Crippen LogP contribution in [0.1, 0.15) is 13.8 Å². The molecule has 0 aliphatic rings. The Kier molecular flexibility index (Phi) is 7.86. The van der Waals surface area contributed by atoms with Gasteiger partial charge in [0.25, 0.3) is 0 Å². The minimum Gasteiger partial charge on any atom is -1.00 e. The molecular formula is C19H19BrFN3O7. The lowest BCUT2D eigenvalue weighted by atomic mass is 10.2. The number of rotatable bonds is 7. The standard InChI is InChI=1S/C19H18FN3O7.BrH/c1-3-28-16(24)9-22-19(27)23-13-6-5-11(20)7-12(13)15(8-14(23)18(26)21-22)30-10-17(25)29-4-2;/h5-8H,3-4,9-10H2,1-2H3;1H. The van der Waals surface area contributed by atoms with Crippen LogP contribution in [0.2, 0.25) is 0 Å². The summed E-state index contributed by atoms with van der Waals surface area (Å²) in [6.45, 7) is 2.55. The lowest BCUT2D eigenvalue weighted by Gasteiger charge is -2.10. The van der Waals surface area contributed by atoms with Crippen molar-refractivity contribution in [3.8, 4) is 5.75 Å². The minimum atomic E-state index is -0.744. The number of ether oxygens (including phenoxy) is 3. The molecule has 0 unspecified atom stereocenters. The third kappa shape index (κ3) is 5.08. The van der Waals surface area contributed by atoms with E-state index in [1.165, 1.54) is 12.1 Å². The van der Waals surface area contributed by atoms with Gasteiger partial charge in [-0.3, -0.25) is 4.79 Å². The summed E-state index contributed by atoms with van der Waals surface area (Å²) in [5.41, 5.74) is -1.41. The van der Waals surface area contributed by atoms with E-state index in [4.69, 9.17) is 14.2 Å². The Morgan fingerprint density at radius 1 is 1.06 bits per heavy atom. The third-order valence-corrected chi connectivity index (χ3v) is 4.11. The van der Waals surface area contributed by atoms with Crippen LogP contribution in [-0.2, 0) is 25.6 Å². The van der Waals surface area contributed by atoms with Crippen LogP contribution >= 0.6 is 0 Å². The van der Waals surface area contributed by atoms with E-state index in [1.807, 2.05) is 0 Å². The van der Waals surface area contributed by atoms with E-state index in [9.17, 15) is 23.6 Å². The Morgan fingerprint density at radius 2 is 1.74 bits per heavy atom. The average molecular weight is 500 g/mol. The predicted molar refractivity (Wildman–Crippen MR) is 101 cm³/mol. The quantitative estimate of drug-likeness (QED) is 0.210. The largest absolute Gasteiger partial charge is 1.00 e. The lowest BCUT2D eigenvalue weighted by Crippen LogP contribution is -3.00. The van der Waals surface area contributed by atoms with Crippen LogP contribution in [0.15, 0.2) is 33.9 Å². The molecule has 12 heteroatoms. The molecule has 1 aromatic carbocycles. The van der Waals surface area contributed by atoms with Crippen molar-refractivity contribution in [3.05, 3.63) is 50.9 Å². The number of aromatic nitrogens is 3. The molecule has 0 bridgehead atoms. The highest BCUT2D eigenvalue weighted by Crippen LogP contribution is 2.24. The Bertz CT molecular complexity index is 1260. The molecule has 166 valence electrons. The van der Waals surface area contributed by atoms with Crippen LogP contribution in [0.5, 0.6) is 5.75 Å². The number of carbonyl (C=O) groups is 2. The summed E-state index contributed by atoms with van der Waals surface area (Å²) >= 11 is 0. The second-order valence-corrected chi connectivity index (χ2v) is 6.10. The number of nitrogens with zero attached hydrogens (tertiary/aromatic N) is 2. The van der Waals surface area contributed by atoms with E-state index in [0.29, 0.717) is 0 Å². The molecule has 0 spiro atoms. The van der Waals surface area contributed by atoms with Gasteiger partial charge in [0, 0.05) is 6.07 Å². The molecule has 0 atom stereocenters. The molecule has 0 amide bonds. The Labute approximate surface area is 184 Å². The molecule has 0 fully saturated rings. The number of benzene rings is 1. The van der Waals surface area contributed by atoms with Crippen LogP contribution in [-0.4, -0.2) is 41.5 Å². The number of H-pyrrole nitrogens is 1. The van der Waals surface area contributed by atoms with Gasteiger partial charge in [0.1, 0.15) is 17.1 Å². The zero-order valence-corrected chi connectivity index (χ0v) is 18.2. The van der Waals surface area contributed by atoms with E-state index < -0.39 is 42.2 Å². The molecule has 0 radical (unpaired) electrons. The van der Waals surface area contributed by atoms with Crippen molar-refractivity contribution in [2.45, 2.75) is 20.4 Å². The van der Waals surface area contributed by atoms with Gasteiger partial charge in [0.15, 0.2) is 6.61 Å². The molecule has 3 aromatic rings. The maximum Gasteiger partial charge on any atom is 0.523 e. The zero-order valence-electron chi connectivity index (χ0n) is 16.6. The first-order valence-electron chi connectivity index (χ1n) is 9.10. The van der Waals surface area contributed by atoms with Gasteiger partial charge >= 0.3 is 23.2 Å². The fourth-order valence-electron chi connectivity index (χ4n) is 2.92. The van der Waals surface area contributed by atoms with Crippen molar-refractivity contribution in [1.82, 2.24) is 9.78 Å². The van der Waals surface area contributed by atoms with E-state index in [-0.39, 0.29) is 52.4 Å². The third-order valence-electron chi connectivity index (χ3n) is 4.11. The number of carbonyl (C=O) groups excluding carboxylic acids is 2. The highest BCUT2D eigenvalue weighted by molar-refractivity contribution is 5.85.